The second kappa shape index (κ2) is 58.0. The number of aromatic nitrogens is 8. The Labute approximate surface area is 837 Å². The molecule has 798 valence electrons. The fraction of sp³-hybridized carbons (Fsp3) is 0.422. The van der Waals surface area contributed by atoms with E-state index in [1.807, 2.05) is 21.3 Å². The van der Waals surface area contributed by atoms with Crippen LogP contribution in [0, 0.1) is 10.8 Å². The predicted molar refractivity (Wildman–Crippen MR) is 508 cm³/mol. The largest absolute Gasteiger partial charge is 0.481 e. The van der Waals surface area contributed by atoms with Crippen LogP contribution in [0.4, 0.5) is 23.3 Å². The summed E-state index contributed by atoms with van der Waals surface area (Å²) in [5.41, 5.74) is 21.7. The zero-order valence-electron chi connectivity index (χ0n) is 77.7. The van der Waals surface area contributed by atoms with E-state index in [0.717, 1.165) is 0 Å². The predicted octanol–water partition coefficient (Wildman–Crippen LogP) is -9.72. The van der Waals surface area contributed by atoms with Gasteiger partial charge in [-0.1, -0.05) is 0 Å². The summed E-state index contributed by atoms with van der Waals surface area (Å²) in [6.45, 7) is -0.977. The molecule has 65 heteroatoms. The van der Waals surface area contributed by atoms with Gasteiger partial charge in [-0.25, -0.2) is 34.3 Å². The number of fused-ring (bicyclic) bond motifs is 2. The maximum atomic E-state index is 14.3. The average molecular weight is 2100 g/mol. The van der Waals surface area contributed by atoms with Gasteiger partial charge >= 0.3 is 53.7 Å². The van der Waals surface area contributed by atoms with Crippen molar-refractivity contribution in [3.05, 3.63) is 104 Å². The van der Waals surface area contributed by atoms with Crippen molar-refractivity contribution in [2.75, 3.05) is 47.5 Å². The Morgan fingerprint density at radius 2 is 0.608 bits per heavy atom. The van der Waals surface area contributed by atoms with Crippen molar-refractivity contribution in [2.24, 2.45) is 11.5 Å². The first-order valence-electron chi connectivity index (χ1n) is 44.2. The Balaban J connectivity index is 1.08. The number of carbonyl (C=O) groups is 22. The molecule has 13 amide bonds. The summed E-state index contributed by atoms with van der Waals surface area (Å²) in [5.74, 6) is -35.6. The molecule has 4 aromatic heterocycles. The highest BCUT2D eigenvalue weighted by atomic mass is 32.1. The van der Waals surface area contributed by atoms with Crippen molar-refractivity contribution in [1.82, 2.24) is 120 Å². The van der Waals surface area contributed by atoms with Gasteiger partial charge < -0.3 is 159 Å². The molecule has 6 rings (SSSR count). The third-order valence-electron chi connectivity index (χ3n) is 20.7. The molecule has 12 atom stereocenters. The van der Waals surface area contributed by atoms with E-state index in [2.05, 4.69) is 122 Å². The first kappa shape index (κ1) is 118. The number of benzene rings is 2. The van der Waals surface area contributed by atoms with E-state index in [0.29, 0.717) is 22.8 Å². The summed E-state index contributed by atoms with van der Waals surface area (Å²) in [7, 11) is 0. The number of nitrogens with one attached hydrogen (secondary N) is 21. The molecule has 0 fully saturated rings. The summed E-state index contributed by atoms with van der Waals surface area (Å²) >= 11 is 3.90. The van der Waals surface area contributed by atoms with Crippen LogP contribution in [0.3, 0.4) is 0 Å². The van der Waals surface area contributed by atoms with E-state index in [1.54, 1.807) is 0 Å². The number of aromatic amines is 2. The molecular weight excluding hydrogens is 1990 g/mol. The van der Waals surface area contributed by atoms with Crippen molar-refractivity contribution in [3.8, 4) is 0 Å². The van der Waals surface area contributed by atoms with Crippen molar-refractivity contribution < 1.29 is 151 Å². The van der Waals surface area contributed by atoms with Crippen molar-refractivity contribution in [2.45, 2.75) is 195 Å². The van der Waals surface area contributed by atoms with Gasteiger partial charge in [-0.3, -0.25) is 121 Å². The molecule has 0 radical (unpaired) electrons. The molecule has 4 heterocycles. The molecular formula is C83H107N31O33S. The van der Waals surface area contributed by atoms with Gasteiger partial charge in [0.15, 0.2) is 34.2 Å². The van der Waals surface area contributed by atoms with Crippen molar-refractivity contribution in [3.63, 3.8) is 0 Å². The second-order valence-corrected chi connectivity index (χ2v) is 32.6. The van der Waals surface area contributed by atoms with E-state index < -0.39 is 322 Å². The highest BCUT2D eigenvalue weighted by Crippen LogP contribution is 2.18. The number of aliphatic carboxylic acids is 9. The normalized spacial score (nSPS) is 13.3. The summed E-state index contributed by atoms with van der Waals surface area (Å²) < 4.78 is 0. The van der Waals surface area contributed by atoms with E-state index in [-0.39, 0.29) is 97.2 Å². The Morgan fingerprint density at radius 3 is 0.905 bits per heavy atom. The fourth-order valence-corrected chi connectivity index (χ4v) is 13.6. The molecule has 64 nitrogen and oxygen atoms in total. The van der Waals surface area contributed by atoms with Gasteiger partial charge in [-0.15, -0.1) is 0 Å². The number of carbonyl (C=O) groups excluding carboxylic acids is 13. The maximum absolute atomic E-state index is 14.3. The highest BCUT2D eigenvalue weighted by molar-refractivity contribution is 7.80. The number of hydrogen-bond acceptors (Lipinski definition) is 37. The lowest BCUT2D eigenvalue weighted by molar-refractivity contribution is -0.144. The number of amides is 13. The van der Waals surface area contributed by atoms with Crippen LogP contribution in [0.1, 0.15) is 141 Å². The third kappa shape index (κ3) is 40.7. The van der Waals surface area contributed by atoms with E-state index in [9.17, 15) is 161 Å². The zero-order chi connectivity index (χ0) is 110. The topological polar surface area (TPSA) is 1060 Å². The number of rotatable bonds is 64. The van der Waals surface area contributed by atoms with E-state index in [1.165, 1.54) is 60.9 Å². The molecule has 0 saturated carbocycles. The Kier molecular flexibility index (Phi) is 46.3. The van der Waals surface area contributed by atoms with Crippen LogP contribution < -0.4 is 124 Å². The minimum Gasteiger partial charge on any atom is -0.481 e. The number of carboxylic acid groups (broad SMARTS) is 9. The molecule has 0 aliphatic rings. The van der Waals surface area contributed by atoms with Crippen molar-refractivity contribution in [1.29, 1.82) is 10.8 Å². The minimum absolute atomic E-state index is 0.00302. The molecule has 0 spiro atoms. The van der Waals surface area contributed by atoms with Crippen LogP contribution in [0.2, 0.25) is 0 Å². The number of carboxylic acids is 9. The summed E-state index contributed by atoms with van der Waals surface area (Å²) in [5, 5.41) is 143. The molecule has 0 aliphatic carbocycles. The summed E-state index contributed by atoms with van der Waals surface area (Å²) in [4.78, 5) is 344. The number of nitrogen functional groups attached to an aromatic ring is 2. The van der Waals surface area contributed by atoms with Crippen LogP contribution in [-0.2, 0) is 109 Å². The fourth-order valence-electron chi connectivity index (χ4n) is 13.4. The van der Waals surface area contributed by atoms with Crippen molar-refractivity contribution >= 4 is 201 Å². The Hall–Kier alpha value is -18.7. The number of anilines is 4. The van der Waals surface area contributed by atoms with E-state index in [4.69, 9.17) is 33.8 Å². The Bertz CT molecular complexity index is 6100. The van der Waals surface area contributed by atoms with Crippen LogP contribution in [0.15, 0.2) is 70.5 Å². The number of nitrogens with zero attached hydrogens (tertiary/aromatic N) is 6. The van der Waals surface area contributed by atoms with Crippen LogP contribution in [-0.4, -0.2) is 326 Å². The number of guanidine groups is 2. The first-order valence-corrected chi connectivity index (χ1v) is 44.9. The molecule has 6 aromatic rings. The molecule has 0 saturated heterocycles. The lowest BCUT2D eigenvalue weighted by atomic mass is 10.0. The summed E-state index contributed by atoms with van der Waals surface area (Å²) in [6.07, 6.45) is -11.1. The van der Waals surface area contributed by atoms with Gasteiger partial charge in [0.2, 0.25) is 76.9 Å². The lowest BCUT2D eigenvalue weighted by Crippen LogP contribution is -2.60. The smallest absolute Gasteiger partial charge is 0.327 e. The highest BCUT2D eigenvalue weighted by Gasteiger charge is 2.39. The summed E-state index contributed by atoms with van der Waals surface area (Å²) in [6, 6.07) is -13.8. The van der Waals surface area contributed by atoms with Gasteiger partial charge in [0.1, 0.15) is 72.5 Å². The Morgan fingerprint density at radius 1 is 0.331 bits per heavy atom. The van der Waals surface area contributed by atoms with Crippen LogP contribution >= 0.6 is 12.6 Å². The molecule has 38 N–H and O–H groups in total. The zero-order valence-corrected chi connectivity index (χ0v) is 78.6. The number of nitrogens with two attached hydrogens (primary N) is 4. The molecule has 148 heavy (non-hydrogen) atoms. The van der Waals surface area contributed by atoms with Crippen LogP contribution in [0.5, 0.6) is 0 Å². The third-order valence-corrected chi connectivity index (χ3v) is 21.1. The average Bonchev–Trinajstić information content (AvgIpc) is 0.810. The number of thiol groups is 1. The second-order valence-electron chi connectivity index (χ2n) is 32.2. The van der Waals surface area contributed by atoms with Gasteiger partial charge in [-0.05, 0) is 106 Å². The molecule has 2 aromatic carbocycles. The number of unbranched alkanes of at least 4 members (excludes halogenated alkanes) is 1. The van der Waals surface area contributed by atoms with Crippen LogP contribution in [0.25, 0.3) is 22.3 Å². The van der Waals surface area contributed by atoms with E-state index >= 15 is 0 Å². The SMILES string of the molecule is N=C(N)NCCC[C@H](NC(=O)[C@H](CC(=O)O)NC(=O)CC[C@H](NC(=O)c1ccc(NCc2cnc3nc(N)[nH]c(=O)c3n2)cc1)C(=O)O)C(=O)N[C@@H](CC(=O)O)C(=O)N[C@@H](CC(=O)O)C(=O)NCCCCC(NC(=O)[C@H](CC(=O)O)NC(=O)[C@H](CC(=O)O)NC(=O)[C@H](CCCNC(=N)N)NC(=O)[C@H](CC(=O)O)NC(=O)CC[C@H](NC(=O)c1ccc(NCc2cnc3nc(N)[nH]c(=O)c3n2)cc1)C(=O)O)C(=O)N[C@H](CS)C(=O)O. The van der Waals surface area contributed by atoms with Gasteiger partial charge in [0.25, 0.3) is 22.9 Å². The number of H-pyrrole nitrogens is 2. The quantitative estimate of drug-likeness (QED) is 0.00730. The standard InChI is InChI=1S/C83H107N31O33S/c84-80(85)91-21-3-6-41(102-70(135)46(24-55(119)120)99-52(115)18-16-43(77(142)143)104-64(129)34-8-12-36(13-9-34)93-29-38-31-95-62-60(97-38)75(140)113-82(88)111-62)67(132)107-49(27-58(125)126)73(138)106-45(23-54(117)118)66(131)90-20-2-1-5-40(69(134)110-51(33-148)79(146)147)101-72(137)48(26-57(123)124)109-74(139)50(28-59(127)128)108-68(133)42(7-4-22-92-81(86)87)103-71(136)47(25-56(121)122)100-53(116)19-17-44(78(144)145)105-65(130)35-10-14-37(15-11-35)94-30-39-32-96-63-61(98-39)76(141)114-83(89)112-63/h8-15,31-32,40-51,93-94,148H,1-7,16-30,33H2,(H,90,131)(H,99,115)(H,100,116)(H,101,137)(H,102,135)(H,103,136)(H,104,129)(H,105,130)(H,106,138)(H,107,132)(H,108,133)(H,109,139)(H,110,134)(H,117,118)(H,119,120)(H,121,122)(H,123,124)(H,125,126)(H,127,128)(H,142,143)(H,144,145)(H,146,147)(H4,84,85,91)(H4,86,87,92)(H3,88,95,111,113,140)(H3,89,96,112,114,141)/t40?,41-,42-,43-,44-,45-,46-,47-,48-,49-,50-,51+/m0/s1. The van der Waals surface area contributed by atoms with Gasteiger partial charge in [0.05, 0.1) is 75.4 Å². The molecule has 1 unspecified atom stereocenters. The first-order chi connectivity index (χ1) is 69.8. The van der Waals surface area contributed by atoms with Gasteiger partial charge in [-0.2, -0.15) is 22.6 Å². The lowest BCUT2D eigenvalue weighted by Gasteiger charge is -2.26. The monoisotopic (exact) mass is 2100 g/mol. The van der Waals surface area contributed by atoms with Gasteiger partial charge in [0, 0.05) is 60.7 Å². The minimum atomic E-state index is -2.37. The molecule has 0 bridgehead atoms. The number of hydrogen-bond donors (Lipinski definition) is 35. The maximum Gasteiger partial charge on any atom is 0.327 e. The molecule has 0 aliphatic heterocycles.